The number of carbonyl (C=O) groups excluding carboxylic acids is 1. The Morgan fingerprint density at radius 1 is 1.10 bits per heavy atom. The number of hydrogen-bond acceptors (Lipinski definition) is 3. The number of aliphatic carboxylic acids is 1. The summed E-state index contributed by atoms with van der Waals surface area (Å²) in [4.78, 5) is 22.9. The zero-order chi connectivity index (χ0) is 15.4. The molecule has 0 saturated carbocycles. The van der Waals surface area contributed by atoms with Crippen LogP contribution < -0.4 is 10.6 Å². The van der Waals surface area contributed by atoms with Crippen molar-refractivity contribution in [2.24, 2.45) is 0 Å². The van der Waals surface area contributed by atoms with Crippen molar-refractivity contribution in [1.82, 2.24) is 10.6 Å². The number of carboxylic acids is 1. The van der Waals surface area contributed by atoms with E-state index in [1.165, 1.54) is 0 Å². The summed E-state index contributed by atoms with van der Waals surface area (Å²) in [6.45, 7) is 4.20. The lowest BCUT2D eigenvalue weighted by molar-refractivity contribution is -0.139. The number of nitrogens with one attached hydrogen (secondary N) is 2. The van der Waals surface area contributed by atoms with E-state index in [1.807, 2.05) is 6.26 Å². The van der Waals surface area contributed by atoms with Crippen molar-refractivity contribution >= 4 is 23.8 Å². The lowest BCUT2D eigenvalue weighted by Crippen LogP contribution is -2.49. The predicted octanol–water partition coefficient (Wildman–Crippen LogP) is 2.85. The third-order valence-electron chi connectivity index (χ3n) is 3.09. The molecule has 0 aliphatic heterocycles. The Morgan fingerprint density at radius 2 is 1.80 bits per heavy atom. The minimum absolute atomic E-state index is 0.134. The second kappa shape index (κ2) is 11.9. The molecule has 118 valence electrons. The van der Waals surface area contributed by atoms with Crippen molar-refractivity contribution < 1.29 is 14.7 Å². The first-order valence-electron chi connectivity index (χ1n) is 7.33. The van der Waals surface area contributed by atoms with Crippen molar-refractivity contribution in [2.45, 2.75) is 64.5 Å². The third-order valence-corrected chi connectivity index (χ3v) is 3.74. The molecule has 3 N–H and O–H groups in total. The lowest BCUT2D eigenvalue weighted by atomic mass is 10.1. The van der Waals surface area contributed by atoms with Crippen LogP contribution in [0.2, 0.25) is 0 Å². The fraction of sp³-hybridized carbons (Fsp3) is 0.857. The number of carboxylic acid groups (broad SMARTS) is 1. The van der Waals surface area contributed by atoms with Crippen molar-refractivity contribution in [1.29, 1.82) is 0 Å². The van der Waals surface area contributed by atoms with E-state index in [0.717, 1.165) is 32.1 Å². The van der Waals surface area contributed by atoms with E-state index in [4.69, 9.17) is 5.11 Å². The SMILES string of the molecule is CCCCC(CCC)NC(=O)NC(CCSC)C(=O)O. The van der Waals surface area contributed by atoms with Gasteiger partial charge >= 0.3 is 12.0 Å². The molecule has 0 aromatic rings. The maximum Gasteiger partial charge on any atom is 0.326 e. The molecule has 5 nitrogen and oxygen atoms in total. The van der Waals surface area contributed by atoms with Crippen molar-refractivity contribution in [3.63, 3.8) is 0 Å². The summed E-state index contributed by atoms with van der Waals surface area (Å²) in [5.41, 5.74) is 0. The van der Waals surface area contributed by atoms with Crippen molar-refractivity contribution in [2.75, 3.05) is 12.0 Å². The first kappa shape index (κ1) is 19.1. The summed E-state index contributed by atoms with van der Waals surface area (Å²) in [5, 5.41) is 14.5. The molecule has 0 heterocycles. The van der Waals surface area contributed by atoms with Crippen molar-refractivity contribution in [3.8, 4) is 0 Å². The Labute approximate surface area is 126 Å². The summed E-state index contributed by atoms with van der Waals surface area (Å²) in [5.74, 6) is -0.263. The molecule has 20 heavy (non-hydrogen) atoms. The summed E-state index contributed by atoms with van der Waals surface area (Å²) in [6.07, 6.45) is 7.40. The van der Waals surface area contributed by atoms with E-state index in [-0.39, 0.29) is 12.1 Å². The highest BCUT2D eigenvalue weighted by atomic mass is 32.2. The molecule has 0 aromatic carbocycles. The van der Waals surface area contributed by atoms with E-state index < -0.39 is 12.0 Å². The normalized spacial score (nSPS) is 13.6. The van der Waals surface area contributed by atoms with Gasteiger partial charge in [0.15, 0.2) is 0 Å². The fourth-order valence-electron chi connectivity index (χ4n) is 1.97. The van der Waals surface area contributed by atoms with Gasteiger partial charge in [-0.1, -0.05) is 33.1 Å². The number of urea groups is 1. The van der Waals surface area contributed by atoms with Gasteiger partial charge in [-0.2, -0.15) is 11.8 Å². The average molecular weight is 304 g/mol. The molecular weight excluding hydrogens is 276 g/mol. The Kier molecular flexibility index (Phi) is 11.3. The Hall–Kier alpha value is -0.910. The molecule has 0 radical (unpaired) electrons. The second-order valence-electron chi connectivity index (χ2n) is 4.92. The number of unbranched alkanes of at least 4 members (excludes halogenated alkanes) is 1. The Morgan fingerprint density at radius 3 is 2.30 bits per heavy atom. The Bertz CT molecular complexity index is 288. The van der Waals surface area contributed by atoms with Crippen LogP contribution in [0.5, 0.6) is 0 Å². The molecule has 0 fully saturated rings. The molecule has 2 unspecified atom stereocenters. The van der Waals surface area contributed by atoms with Crippen LogP contribution in [0, 0.1) is 0 Å². The highest BCUT2D eigenvalue weighted by molar-refractivity contribution is 7.98. The molecule has 0 rings (SSSR count). The third kappa shape index (κ3) is 9.07. The van der Waals surface area contributed by atoms with Gasteiger partial charge in [0.1, 0.15) is 6.04 Å². The van der Waals surface area contributed by atoms with Crippen LogP contribution in [0.3, 0.4) is 0 Å². The maximum atomic E-state index is 11.9. The van der Waals surface area contributed by atoms with Crippen LogP contribution in [-0.4, -0.2) is 41.2 Å². The van der Waals surface area contributed by atoms with Gasteiger partial charge in [-0.3, -0.25) is 0 Å². The largest absolute Gasteiger partial charge is 0.480 e. The average Bonchev–Trinajstić information content (AvgIpc) is 2.40. The minimum atomic E-state index is -0.977. The van der Waals surface area contributed by atoms with E-state index >= 15 is 0 Å². The summed E-state index contributed by atoms with van der Waals surface area (Å²) < 4.78 is 0. The molecule has 0 spiro atoms. The van der Waals surface area contributed by atoms with E-state index in [0.29, 0.717) is 12.2 Å². The first-order chi connectivity index (χ1) is 9.54. The topological polar surface area (TPSA) is 78.4 Å². The van der Waals surface area contributed by atoms with Crippen LogP contribution in [0.15, 0.2) is 0 Å². The lowest BCUT2D eigenvalue weighted by Gasteiger charge is -2.20. The van der Waals surface area contributed by atoms with Gasteiger partial charge < -0.3 is 15.7 Å². The molecule has 0 saturated heterocycles. The van der Waals surface area contributed by atoms with Gasteiger partial charge in [-0.15, -0.1) is 0 Å². The van der Waals surface area contributed by atoms with E-state index in [9.17, 15) is 9.59 Å². The molecule has 6 heteroatoms. The fourth-order valence-corrected chi connectivity index (χ4v) is 2.44. The minimum Gasteiger partial charge on any atom is -0.480 e. The summed E-state index contributed by atoms with van der Waals surface area (Å²) >= 11 is 1.57. The van der Waals surface area contributed by atoms with Crippen LogP contribution in [0.4, 0.5) is 4.79 Å². The number of rotatable bonds is 11. The van der Waals surface area contributed by atoms with Crippen LogP contribution >= 0.6 is 11.8 Å². The highest BCUT2D eigenvalue weighted by Gasteiger charge is 2.20. The maximum absolute atomic E-state index is 11.9. The molecule has 2 amide bonds. The van der Waals surface area contributed by atoms with Gasteiger partial charge in [0, 0.05) is 6.04 Å². The number of hydrogen-bond donors (Lipinski definition) is 3. The smallest absolute Gasteiger partial charge is 0.326 e. The van der Waals surface area contributed by atoms with Gasteiger partial charge in [0.25, 0.3) is 0 Å². The number of amides is 2. The van der Waals surface area contributed by atoms with Gasteiger partial charge in [0.05, 0.1) is 0 Å². The summed E-state index contributed by atoms with van der Waals surface area (Å²) in [6, 6.07) is -1.04. The molecular formula is C14H28N2O3S. The monoisotopic (exact) mass is 304 g/mol. The highest BCUT2D eigenvalue weighted by Crippen LogP contribution is 2.07. The number of carbonyl (C=O) groups is 2. The summed E-state index contributed by atoms with van der Waals surface area (Å²) in [7, 11) is 0. The molecule has 0 bridgehead atoms. The quantitative estimate of drug-likeness (QED) is 0.548. The van der Waals surface area contributed by atoms with Gasteiger partial charge in [-0.25, -0.2) is 9.59 Å². The molecule has 0 aliphatic rings. The second-order valence-corrected chi connectivity index (χ2v) is 5.90. The van der Waals surface area contributed by atoms with E-state index in [1.54, 1.807) is 11.8 Å². The van der Waals surface area contributed by atoms with Gasteiger partial charge in [0.2, 0.25) is 0 Å². The standard InChI is InChI=1S/C14H28N2O3S/c1-4-6-8-11(7-5-2)15-14(19)16-12(13(17)18)9-10-20-3/h11-12H,4-10H2,1-3H3,(H,17,18)(H2,15,16,19). The number of thioether (sulfide) groups is 1. The Balaban J connectivity index is 4.28. The molecule has 2 atom stereocenters. The molecule has 0 aliphatic carbocycles. The zero-order valence-corrected chi connectivity index (χ0v) is 13.6. The van der Waals surface area contributed by atoms with Gasteiger partial charge in [-0.05, 0) is 31.3 Å². The zero-order valence-electron chi connectivity index (χ0n) is 12.8. The first-order valence-corrected chi connectivity index (χ1v) is 8.73. The van der Waals surface area contributed by atoms with Crippen molar-refractivity contribution in [3.05, 3.63) is 0 Å². The molecule has 0 aromatic heterocycles. The predicted molar refractivity (Wildman–Crippen MR) is 84.3 cm³/mol. The van der Waals surface area contributed by atoms with E-state index in [2.05, 4.69) is 24.5 Å². The van der Waals surface area contributed by atoms with Crippen LogP contribution in [-0.2, 0) is 4.79 Å². The van der Waals surface area contributed by atoms with Crippen LogP contribution in [0.1, 0.15) is 52.4 Å². The van der Waals surface area contributed by atoms with Crippen LogP contribution in [0.25, 0.3) is 0 Å².